The van der Waals surface area contributed by atoms with E-state index < -0.39 is 0 Å². The lowest BCUT2D eigenvalue weighted by Gasteiger charge is -2.32. The van der Waals surface area contributed by atoms with Crippen LogP contribution in [0.5, 0.6) is 0 Å². The molecule has 0 saturated carbocycles. The van der Waals surface area contributed by atoms with Crippen LogP contribution in [0.2, 0.25) is 0 Å². The highest BCUT2D eigenvalue weighted by Crippen LogP contribution is 2.18. The van der Waals surface area contributed by atoms with E-state index in [-0.39, 0.29) is 35.9 Å². The Balaban J connectivity index is 1.50. The van der Waals surface area contributed by atoms with Crippen molar-refractivity contribution in [2.45, 2.75) is 26.2 Å². The average Bonchev–Trinajstić information content (AvgIpc) is 3.14. The van der Waals surface area contributed by atoms with Crippen LogP contribution in [0.25, 0.3) is 0 Å². The molecule has 1 aliphatic rings. The predicted octanol–water partition coefficient (Wildman–Crippen LogP) is 2.44. The number of amides is 3. The molecule has 2 heterocycles. The number of likely N-dealkylation sites (tertiary alicyclic amines) is 1. The van der Waals surface area contributed by atoms with Gasteiger partial charge in [-0.3, -0.25) is 25.2 Å². The summed E-state index contributed by atoms with van der Waals surface area (Å²) in [5.74, 6) is -1.48. The Hall–Kier alpha value is -2.74. The first-order valence-corrected chi connectivity index (χ1v) is 9.93. The van der Waals surface area contributed by atoms with Gasteiger partial charge >= 0.3 is 0 Å². The molecule has 3 rings (SSSR count). The Morgan fingerprint density at radius 3 is 2.57 bits per heavy atom. The second-order valence-electron chi connectivity index (χ2n) is 6.84. The highest BCUT2D eigenvalue weighted by atomic mass is 32.1. The van der Waals surface area contributed by atoms with Crippen LogP contribution in [0, 0.1) is 18.7 Å². The van der Waals surface area contributed by atoms with Crippen LogP contribution in [0.15, 0.2) is 36.4 Å². The van der Waals surface area contributed by atoms with E-state index in [9.17, 15) is 18.8 Å². The predicted molar refractivity (Wildman–Crippen MR) is 104 cm³/mol. The summed E-state index contributed by atoms with van der Waals surface area (Å²) in [5, 5.41) is 0. The van der Waals surface area contributed by atoms with Gasteiger partial charge in [0.1, 0.15) is 5.82 Å². The molecule has 1 unspecified atom stereocenters. The number of carbonyl (C=O) groups excluding carboxylic acids is 3. The first-order chi connectivity index (χ1) is 13.4. The Labute approximate surface area is 166 Å². The number of nitrogens with one attached hydrogen (secondary N) is 2. The second-order valence-corrected chi connectivity index (χ2v) is 8.12. The van der Waals surface area contributed by atoms with E-state index in [0.29, 0.717) is 30.8 Å². The molecule has 0 bridgehead atoms. The van der Waals surface area contributed by atoms with Gasteiger partial charge in [0.05, 0.1) is 17.2 Å². The van der Waals surface area contributed by atoms with Gasteiger partial charge in [-0.15, -0.1) is 11.3 Å². The SMILES string of the molecule is Cc1ccc(C(=O)NNC(=O)C2CCCN(C(=O)Cc3ccc(F)cc3)C2)s1. The molecule has 0 aliphatic carbocycles. The van der Waals surface area contributed by atoms with E-state index >= 15 is 0 Å². The van der Waals surface area contributed by atoms with Gasteiger partial charge < -0.3 is 4.90 Å². The van der Waals surface area contributed by atoms with Gasteiger partial charge in [0.2, 0.25) is 11.8 Å². The van der Waals surface area contributed by atoms with Gasteiger partial charge in [0.25, 0.3) is 5.91 Å². The van der Waals surface area contributed by atoms with Crippen molar-refractivity contribution < 1.29 is 18.8 Å². The van der Waals surface area contributed by atoms with Gasteiger partial charge in [-0.05, 0) is 49.6 Å². The summed E-state index contributed by atoms with van der Waals surface area (Å²) < 4.78 is 13.0. The summed E-state index contributed by atoms with van der Waals surface area (Å²) in [4.78, 5) is 40.1. The van der Waals surface area contributed by atoms with Crippen molar-refractivity contribution in [2.75, 3.05) is 13.1 Å². The molecule has 0 radical (unpaired) electrons. The summed E-state index contributed by atoms with van der Waals surface area (Å²) in [6.07, 6.45) is 1.54. The zero-order chi connectivity index (χ0) is 20.1. The lowest BCUT2D eigenvalue weighted by Crippen LogP contribution is -2.50. The molecule has 6 nitrogen and oxygen atoms in total. The molecule has 3 amide bonds. The minimum absolute atomic E-state index is 0.0952. The van der Waals surface area contributed by atoms with E-state index in [1.807, 2.05) is 13.0 Å². The Bertz CT molecular complexity index is 866. The summed E-state index contributed by atoms with van der Waals surface area (Å²) in [5.41, 5.74) is 5.63. The number of hydrogen-bond acceptors (Lipinski definition) is 4. The number of benzene rings is 1. The summed E-state index contributed by atoms with van der Waals surface area (Å²) >= 11 is 1.35. The Morgan fingerprint density at radius 1 is 1.14 bits per heavy atom. The molecule has 1 aromatic heterocycles. The van der Waals surface area contributed by atoms with Gasteiger partial charge in [-0.1, -0.05) is 12.1 Å². The van der Waals surface area contributed by atoms with Crippen molar-refractivity contribution in [1.29, 1.82) is 0 Å². The molecule has 1 fully saturated rings. The third-order valence-corrected chi connectivity index (χ3v) is 5.68. The zero-order valence-corrected chi connectivity index (χ0v) is 16.4. The van der Waals surface area contributed by atoms with Crippen LogP contribution in [0.3, 0.4) is 0 Å². The minimum Gasteiger partial charge on any atom is -0.342 e. The maximum atomic E-state index is 13.0. The first kappa shape index (κ1) is 20.0. The molecular weight excluding hydrogens is 381 g/mol. The van der Waals surface area contributed by atoms with Crippen molar-refractivity contribution in [2.24, 2.45) is 5.92 Å². The highest BCUT2D eigenvalue weighted by molar-refractivity contribution is 7.13. The van der Waals surface area contributed by atoms with Gasteiger partial charge in [0, 0.05) is 18.0 Å². The summed E-state index contributed by atoms with van der Waals surface area (Å²) in [6.45, 7) is 2.80. The van der Waals surface area contributed by atoms with Crippen LogP contribution in [-0.2, 0) is 16.0 Å². The average molecular weight is 403 g/mol. The van der Waals surface area contributed by atoms with Gasteiger partial charge in [0.15, 0.2) is 0 Å². The van der Waals surface area contributed by atoms with Gasteiger partial charge in [-0.2, -0.15) is 0 Å². The maximum absolute atomic E-state index is 13.0. The van der Waals surface area contributed by atoms with Crippen molar-refractivity contribution in [3.05, 3.63) is 57.5 Å². The van der Waals surface area contributed by atoms with E-state index in [4.69, 9.17) is 0 Å². The second kappa shape index (κ2) is 8.97. The van der Waals surface area contributed by atoms with Crippen LogP contribution in [0.4, 0.5) is 4.39 Å². The monoisotopic (exact) mass is 403 g/mol. The third kappa shape index (κ3) is 5.16. The van der Waals surface area contributed by atoms with Crippen molar-refractivity contribution in [1.82, 2.24) is 15.8 Å². The Kier molecular flexibility index (Phi) is 6.41. The van der Waals surface area contributed by atoms with Crippen LogP contribution in [0.1, 0.15) is 33.0 Å². The molecule has 0 spiro atoms. The molecule has 1 aromatic carbocycles. The largest absolute Gasteiger partial charge is 0.342 e. The topological polar surface area (TPSA) is 78.5 Å². The molecule has 2 aromatic rings. The van der Waals surface area contributed by atoms with Gasteiger partial charge in [-0.25, -0.2) is 4.39 Å². The van der Waals surface area contributed by atoms with Crippen LogP contribution < -0.4 is 10.9 Å². The summed E-state index contributed by atoms with van der Waals surface area (Å²) in [7, 11) is 0. The molecule has 1 aliphatic heterocycles. The Morgan fingerprint density at radius 2 is 1.89 bits per heavy atom. The first-order valence-electron chi connectivity index (χ1n) is 9.11. The van der Waals surface area contributed by atoms with Crippen molar-refractivity contribution in [3.63, 3.8) is 0 Å². The smallest absolute Gasteiger partial charge is 0.279 e. The lowest BCUT2D eigenvalue weighted by molar-refractivity contribution is -0.135. The molecule has 28 heavy (non-hydrogen) atoms. The summed E-state index contributed by atoms with van der Waals surface area (Å²) in [6, 6.07) is 9.37. The number of halogens is 1. The van der Waals surface area contributed by atoms with Crippen molar-refractivity contribution in [3.8, 4) is 0 Å². The lowest BCUT2D eigenvalue weighted by atomic mass is 9.97. The normalized spacial score (nSPS) is 16.5. The van der Waals surface area contributed by atoms with E-state index in [2.05, 4.69) is 10.9 Å². The minimum atomic E-state index is -0.378. The number of rotatable bonds is 4. The highest BCUT2D eigenvalue weighted by Gasteiger charge is 2.28. The number of carbonyl (C=O) groups is 3. The molecule has 2 N–H and O–H groups in total. The number of hydrogen-bond donors (Lipinski definition) is 2. The van der Waals surface area contributed by atoms with Crippen LogP contribution >= 0.6 is 11.3 Å². The molecule has 8 heteroatoms. The standard InChI is InChI=1S/C20H22FN3O3S/c1-13-4-9-17(28-13)20(27)23-22-19(26)15-3-2-10-24(12-15)18(25)11-14-5-7-16(21)8-6-14/h4-9,15H,2-3,10-12H2,1H3,(H,22,26)(H,23,27). The molecule has 1 atom stereocenters. The molecule has 1 saturated heterocycles. The number of aryl methyl sites for hydroxylation is 1. The van der Waals surface area contributed by atoms with E-state index in [0.717, 1.165) is 10.4 Å². The fourth-order valence-electron chi connectivity index (χ4n) is 3.14. The fourth-order valence-corrected chi connectivity index (χ4v) is 3.91. The number of nitrogens with zero attached hydrogens (tertiary/aromatic N) is 1. The number of hydrazine groups is 1. The number of thiophene rings is 1. The van der Waals surface area contributed by atoms with Crippen molar-refractivity contribution >= 4 is 29.1 Å². The quantitative estimate of drug-likeness (QED) is 0.770. The fraction of sp³-hybridized carbons (Fsp3) is 0.350. The number of piperidine rings is 1. The van der Waals surface area contributed by atoms with Crippen LogP contribution in [-0.4, -0.2) is 35.7 Å². The molecule has 148 valence electrons. The van der Waals surface area contributed by atoms with E-state index in [1.54, 1.807) is 23.1 Å². The third-order valence-electron chi connectivity index (χ3n) is 4.68. The molecular formula is C20H22FN3O3S. The zero-order valence-electron chi connectivity index (χ0n) is 15.5. The maximum Gasteiger partial charge on any atom is 0.279 e. The van der Waals surface area contributed by atoms with E-state index in [1.165, 1.54) is 23.5 Å².